The highest BCUT2D eigenvalue weighted by Crippen LogP contribution is 2.33. The highest BCUT2D eigenvalue weighted by Gasteiger charge is 2.20. The molecule has 3 nitrogen and oxygen atoms in total. The van der Waals surface area contributed by atoms with Gasteiger partial charge in [-0.15, -0.1) is 0 Å². The van der Waals surface area contributed by atoms with Crippen LogP contribution in [0.1, 0.15) is 43.9 Å². The Morgan fingerprint density at radius 1 is 1.30 bits per heavy atom. The fourth-order valence-corrected chi connectivity index (χ4v) is 2.91. The molecule has 0 aliphatic carbocycles. The molecule has 1 aliphatic heterocycles. The first kappa shape index (κ1) is 15.3. The van der Waals surface area contributed by atoms with Crippen molar-refractivity contribution in [1.82, 2.24) is 10.2 Å². The topological polar surface area (TPSA) is 24.5 Å². The fraction of sp³-hybridized carbons (Fsp3) is 0.647. The highest BCUT2D eigenvalue weighted by molar-refractivity contribution is 5.43. The van der Waals surface area contributed by atoms with Gasteiger partial charge in [-0.05, 0) is 38.4 Å². The summed E-state index contributed by atoms with van der Waals surface area (Å²) in [6.45, 7) is 11.8. The third-order valence-corrected chi connectivity index (χ3v) is 4.21. The molecular weight excluding hydrogens is 248 g/mol. The first-order chi connectivity index (χ1) is 9.76. The number of aryl methyl sites for hydroxylation is 1. The zero-order chi connectivity index (χ0) is 14.4. The third kappa shape index (κ3) is 3.74. The lowest BCUT2D eigenvalue weighted by Gasteiger charge is -2.22. The number of nitrogens with zero attached hydrogens (tertiary/aromatic N) is 1. The number of fused-ring (bicyclic) bond motifs is 1. The normalized spacial score (nSPS) is 18.5. The molecule has 1 aromatic carbocycles. The van der Waals surface area contributed by atoms with Crippen LogP contribution in [0.2, 0.25) is 0 Å². The second-order valence-electron chi connectivity index (χ2n) is 5.52. The minimum atomic E-state index is 0.433. The maximum absolute atomic E-state index is 5.93. The van der Waals surface area contributed by atoms with E-state index in [0.29, 0.717) is 6.04 Å². The number of nitrogens with one attached hydrogen (secondary N) is 1. The van der Waals surface area contributed by atoms with Crippen LogP contribution < -0.4 is 10.1 Å². The number of benzene rings is 1. The minimum Gasteiger partial charge on any atom is -0.493 e. The summed E-state index contributed by atoms with van der Waals surface area (Å²) in [5.41, 5.74) is 2.59. The summed E-state index contributed by atoms with van der Waals surface area (Å²) < 4.78 is 5.93. The van der Waals surface area contributed by atoms with E-state index in [1.54, 1.807) is 0 Å². The van der Waals surface area contributed by atoms with Crippen LogP contribution >= 0.6 is 0 Å². The van der Waals surface area contributed by atoms with E-state index < -0.39 is 0 Å². The highest BCUT2D eigenvalue weighted by atomic mass is 16.5. The van der Waals surface area contributed by atoms with Gasteiger partial charge in [-0.3, -0.25) is 0 Å². The van der Waals surface area contributed by atoms with Gasteiger partial charge in [0.2, 0.25) is 0 Å². The van der Waals surface area contributed by atoms with Gasteiger partial charge in [-0.25, -0.2) is 0 Å². The molecule has 1 N–H and O–H groups in total. The Morgan fingerprint density at radius 3 is 2.85 bits per heavy atom. The molecule has 112 valence electrons. The van der Waals surface area contributed by atoms with Crippen molar-refractivity contribution in [2.45, 2.75) is 39.7 Å². The lowest BCUT2D eigenvalue weighted by molar-refractivity contribution is 0.293. The molecule has 2 rings (SSSR count). The minimum absolute atomic E-state index is 0.433. The number of para-hydroxylation sites is 1. The number of hydrogen-bond donors (Lipinski definition) is 1. The summed E-state index contributed by atoms with van der Waals surface area (Å²) in [7, 11) is 0. The maximum Gasteiger partial charge on any atom is 0.126 e. The van der Waals surface area contributed by atoms with Crippen molar-refractivity contribution in [1.29, 1.82) is 0 Å². The van der Waals surface area contributed by atoms with Crippen LogP contribution in [0.4, 0.5) is 0 Å². The van der Waals surface area contributed by atoms with E-state index in [-0.39, 0.29) is 0 Å². The van der Waals surface area contributed by atoms with Crippen molar-refractivity contribution >= 4 is 0 Å². The van der Waals surface area contributed by atoms with Gasteiger partial charge in [0.15, 0.2) is 0 Å². The van der Waals surface area contributed by atoms with E-state index in [4.69, 9.17) is 4.74 Å². The average molecular weight is 276 g/mol. The lowest BCUT2D eigenvalue weighted by atomic mass is 10.00. The monoisotopic (exact) mass is 276 g/mol. The van der Waals surface area contributed by atoms with E-state index in [1.165, 1.54) is 11.1 Å². The molecule has 0 saturated heterocycles. The largest absolute Gasteiger partial charge is 0.493 e. The number of ether oxygens (including phenoxy) is 1. The van der Waals surface area contributed by atoms with Crippen molar-refractivity contribution in [3.63, 3.8) is 0 Å². The van der Waals surface area contributed by atoms with Crippen LogP contribution in [0.3, 0.4) is 0 Å². The van der Waals surface area contributed by atoms with Crippen LogP contribution in [-0.2, 0) is 0 Å². The Balaban J connectivity index is 2.00. The zero-order valence-corrected chi connectivity index (χ0v) is 13.1. The van der Waals surface area contributed by atoms with E-state index in [2.05, 4.69) is 49.2 Å². The molecule has 1 heterocycles. The van der Waals surface area contributed by atoms with Gasteiger partial charge in [0.05, 0.1) is 6.61 Å². The zero-order valence-electron chi connectivity index (χ0n) is 13.1. The molecule has 0 saturated carbocycles. The van der Waals surface area contributed by atoms with Crippen LogP contribution in [-0.4, -0.2) is 37.7 Å². The summed E-state index contributed by atoms with van der Waals surface area (Å²) in [6, 6.07) is 6.92. The molecule has 20 heavy (non-hydrogen) atoms. The summed E-state index contributed by atoms with van der Waals surface area (Å²) in [5, 5.41) is 3.72. The Labute approximate surface area is 123 Å². The first-order valence-corrected chi connectivity index (χ1v) is 7.94. The van der Waals surface area contributed by atoms with Gasteiger partial charge >= 0.3 is 0 Å². The van der Waals surface area contributed by atoms with Crippen LogP contribution in [0.5, 0.6) is 5.75 Å². The summed E-state index contributed by atoms with van der Waals surface area (Å²) in [4.78, 5) is 2.46. The standard InChI is InChI=1S/C17H28N2O/c1-4-19(5-2)12-11-18-16-10-7-13-20-17-14(3)8-6-9-15(16)17/h6,8-9,16,18H,4-5,7,10-13H2,1-3H3. The van der Waals surface area contributed by atoms with Crippen molar-refractivity contribution in [3.8, 4) is 5.75 Å². The average Bonchev–Trinajstić information content (AvgIpc) is 2.67. The predicted molar refractivity (Wildman–Crippen MR) is 84.4 cm³/mol. The predicted octanol–water partition coefficient (Wildman–Crippen LogP) is 3.14. The fourth-order valence-electron chi connectivity index (χ4n) is 2.91. The molecule has 3 heteroatoms. The van der Waals surface area contributed by atoms with Gasteiger partial charge in [0.25, 0.3) is 0 Å². The Kier molecular flexibility index (Phi) is 5.86. The van der Waals surface area contributed by atoms with E-state index in [9.17, 15) is 0 Å². The Bertz CT molecular complexity index is 415. The molecule has 0 aromatic heterocycles. The summed E-state index contributed by atoms with van der Waals surface area (Å²) in [5.74, 6) is 1.10. The number of likely N-dealkylation sites (N-methyl/N-ethyl adjacent to an activating group) is 1. The molecule has 0 spiro atoms. The van der Waals surface area contributed by atoms with Crippen LogP contribution in [0.25, 0.3) is 0 Å². The molecule has 1 aromatic rings. The second-order valence-corrected chi connectivity index (χ2v) is 5.52. The molecule has 1 atom stereocenters. The van der Waals surface area contributed by atoms with Gasteiger partial charge in [0, 0.05) is 24.7 Å². The molecular formula is C17H28N2O. The molecule has 0 bridgehead atoms. The maximum atomic E-state index is 5.93. The lowest BCUT2D eigenvalue weighted by Crippen LogP contribution is -2.33. The second kappa shape index (κ2) is 7.65. The Hall–Kier alpha value is -1.06. The summed E-state index contributed by atoms with van der Waals surface area (Å²) in [6.07, 6.45) is 2.28. The Morgan fingerprint density at radius 2 is 2.10 bits per heavy atom. The first-order valence-electron chi connectivity index (χ1n) is 7.94. The van der Waals surface area contributed by atoms with Crippen molar-refractivity contribution in [3.05, 3.63) is 29.3 Å². The van der Waals surface area contributed by atoms with Gasteiger partial charge in [0.1, 0.15) is 5.75 Å². The molecule has 0 radical (unpaired) electrons. The molecule has 0 fully saturated rings. The molecule has 1 aliphatic rings. The van der Waals surface area contributed by atoms with Crippen LogP contribution in [0, 0.1) is 6.92 Å². The smallest absolute Gasteiger partial charge is 0.126 e. The third-order valence-electron chi connectivity index (χ3n) is 4.21. The molecule has 0 amide bonds. The number of rotatable bonds is 6. The number of hydrogen-bond acceptors (Lipinski definition) is 3. The van der Waals surface area contributed by atoms with E-state index in [1.807, 2.05) is 0 Å². The van der Waals surface area contributed by atoms with Gasteiger partial charge < -0.3 is 15.0 Å². The van der Waals surface area contributed by atoms with Crippen molar-refractivity contribution in [2.24, 2.45) is 0 Å². The van der Waals surface area contributed by atoms with Crippen molar-refractivity contribution < 1.29 is 4.74 Å². The van der Waals surface area contributed by atoms with E-state index in [0.717, 1.165) is 51.4 Å². The van der Waals surface area contributed by atoms with E-state index >= 15 is 0 Å². The molecule has 1 unspecified atom stereocenters. The van der Waals surface area contributed by atoms with Crippen LogP contribution in [0.15, 0.2) is 18.2 Å². The van der Waals surface area contributed by atoms with Gasteiger partial charge in [-0.2, -0.15) is 0 Å². The quantitative estimate of drug-likeness (QED) is 0.864. The SMILES string of the molecule is CCN(CC)CCNC1CCCOc2c(C)cccc21. The van der Waals surface area contributed by atoms with Crippen molar-refractivity contribution in [2.75, 3.05) is 32.8 Å². The summed E-state index contributed by atoms with van der Waals surface area (Å²) >= 11 is 0. The van der Waals surface area contributed by atoms with Gasteiger partial charge in [-0.1, -0.05) is 32.0 Å².